The van der Waals surface area contributed by atoms with Crippen LogP contribution in [0.5, 0.6) is 0 Å². The summed E-state index contributed by atoms with van der Waals surface area (Å²) < 4.78 is 0. The van der Waals surface area contributed by atoms with Gasteiger partial charge in [-0.25, -0.2) is 4.79 Å². The van der Waals surface area contributed by atoms with Crippen LogP contribution in [0.4, 0.5) is 4.79 Å². The minimum Gasteiger partial charge on any atom is -0.336 e. The van der Waals surface area contributed by atoms with Gasteiger partial charge in [-0.2, -0.15) is 0 Å². The average molecular weight is 324 g/mol. The Morgan fingerprint density at radius 2 is 1.88 bits per heavy atom. The van der Waals surface area contributed by atoms with E-state index in [1.54, 1.807) is 12.4 Å². The van der Waals surface area contributed by atoms with Gasteiger partial charge in [-0.05, 0) is 43.1 Å². The van der Waals surface area contributed by atoms with Crippen molar-refractivity contribution in [1.29, 1.82) is 0 Å². The van der Waals surface area contributed by atoms with Crippen LogP contribution in [-0.4, -0.2) is 35.5 Å². The lowest BCUT2D eigenvalue weighted by atomic mass is 10.1. The Balaban J connectivity index is 1.54. The molecule has 1 atom stereocenters. The van der Waals surface area contributed by atoms with Crippen molar-refractivity contribution in [3.63, 3.8) is 0 Å². The lowest BCUT2D eigenvalue weighted by Gasteiger charge is -2.28. The van der Waals surface area contributed by atoms with Gasteiger partial charge in [0.2, 0.25) is 0 Å². The molecule has 1 aromatic carbocycles. The molecule has 2 amide bonds. The minimum absolute atomic E-state index is 0.140. The Labute approximate surface area is 143 Å². The number of urea groups is 1. The van der Waals surface area contributed by atoms with Gasteiger partial charge in [0.25, 0.3) is 0 Å². The van der Waals surface area contributed by atoms with E-state index < -0.39 is 0 Å². The molecule has 0 aliphatic carbocycles. The number of pyridine rings is 1. The molecule has 5 nitrogen and oxygen atoms in total. The first-order valence-corrected chi connectivity index (χ1v) is 8.52. The second kappa shape index (κ2) is 8.45. The highest BCUT2D eigenvalue weighted by Crippen LogP contribution is 2.24. The molecule has 5 heteroatoms. The number of nitrogens with one attached hydrogen (secondary N) is 2. The number of nitrogens with zero attached hydrogens (tertiary/aromatic N) is 2. The SMILES string of the molecule is O=C(NCc1cccnc1)NCC(c1ccccc1)N1CCCC1. The summed E-state index contributed by atoms with van der Waals surface area (Å²) in [7, 11) is 0. The lowest BCUT2D eigenvalue weighted by molar-refractivity contribution is 0.220. The summed E-state index contributed by atoms with van der Waals surface area (Å²) in [6.07, 6.45) is 5.95. The molecule has 1 saturated heterocycles. The third kappa shape index (κ3) is 4.55. The molecule has 126 valence electrons. The van der Waals surface area contributed by atoms with E-state index in [9.17, 15) is 4.79 Å². The first-order chi connectivity index (χ1) is 11.8. The number of hydrogen-bond acceptors (Lipinski definition) is 3. The van der Waals surface area contributed by atoms with Gasteiger partial charge in [-0.1, -0.05) is 36.4 Å². The maximum atomic E-state index is 12.1. The van der Waals surface area contributed by atoms with E-state index >= 15 is 0 Å². The van der Waals surface area contributed by atoms with E-state index in [2.05, 4.69) is 44.8 Å². The van der Waals surface area contributed by atoms with Crippen LogP contribution in [-0.2, 0) is 6.54 Å². The summed E-state index contributed by atoms with van der Waals surface area (Å²) >= 11 is 0. The minimum atomic E-state index is -0.140. The average Bonchev–Trinajstić information content (AvgIpc) is 3.16. The molecule has 2 aromatic rings. The topological polar surface area (TPSA) is 57.3 Å². The Kier molecular flexibility index (Phi) is 5.80. The molecule has 0 saturated carbocycles. The zero-order valence-corrected chi connectivity index (χ0v) is 13.8. The van der Waals surface area contributed by atoms with Crippen LogP contribution in [0.15, 0.2) is 54.9 Å². The number of rotatable bonds is 6. The molecule has 1 aliphatic heterocycles. The molecule has 2 N–H and O–H groups in total. The molecule has 1 unspecified atom stereocenters. The standard InChI is InChI=1S/C19H24N4O/c24-19(21-14-16-7-6-10-20-13-16)22-15-18(23-11-4-5-12-23)17-8-2-1-3-9-17/h1-3,6-10,13,18H,4-5,11-12,14-15H2,(H2,21,22,24). The fraction of sp³-hybridized carbons (Fsp3) is 0.368. The summed E-state index contributed by atoms with van der Waals surface area (Å²) in [4.78, 5) is 18.6. The number of hydrogen-bond donors (Lipinski definition) is 2. The van der Waals surface area contributed by atoms with Gasteiger partial charge in [-0.3, -0.25) is 9.88 Å². The van der Waals surface area contributed by atoms with Crippen molar-refractivity contribution in [2.24, 2.45) is 0 Å². The smallest absolute Gasteiger partial charge is 0.315 e. The van der Waals surface area contributed by atoms with Gasteiger partial charge in [0, 0.05) is 25.5 Å². The number of likely N-dealkylation sites (tertiary alicyclic amines) is 1. The Hall–Kier alpha value is -2.40. The van der Waals surface area contributed by atoms with Crippen LogP contribution >= 0.6 is 0 Å². The normalized spacial score (nSPS) is 15.8. The van der Waals surface area contributed by atoms with Crippen molar-refractivity contribution in [2.45, 2.75) is 25.4 Å². The molecule has 1 aromatic heterocycles. The van der Waals surface area contributed by atoms with Crippen LogP contribution in [0.3, 0.4) is 0 Å². The van der Waals surface area contributed by atoms with E-state index in [-0.39, 0.29) is 12.1 Å². The van der Waals surface area contributed by atoms with Gasteiger partial charge >= 0.3 is 6.03 Å². The van der Waals surface area contributed by atoms with Crippen molar-refractivity contribution >= 4 is 6.03 Å². The quantitative estimate of drug-likeness (QED) is 0.859. The van der Waals surface area contributed by atoms with E-state index in [0.29, 0.717) is 13.1 Å². The molecular weight excluding hydrogens is 300 g/mol. The number of benzene rings is 1. The Morgan fingerprint density at radius 3 is 2.58 bits per heavy atom. The monoisotopic (exact) mass is 324 g/mol. The second-order valence-electron chi connectivity index (χ2n) is 6.09. The van der Waals surface area contributed by atoms with E-state index in [1.807, 2.05) is 18.2 Å². The predicted molar refractivity (Wildman–Crippen MR) is 94.5 cm³/mol. The third-order valence-electron chi connectivity index (χ3n) is 4.40. The molecule has 1 fully saturated rings. The van der Waals surface area contributed by atoms with Crippen LogP contribution in [0, 0.1) is 0 Å². The van der Waals surface area contributed by atoms with Crippen molar-refractivity contribution in [1.82, 2.24) is 20.5 Å². The Morgan fingerprint density at radius 1 is 1.08 bits per heavy atom. The highest BCUT2D eigenvalue weighted by molar-refractivity contribution is 5.73. The maximum absolute atomic E-state index is 12.1. The summed E-state index contributed by atoms with van der Waals surface area (Å²) in [5, 5.41) is 5.90. The number of carbonyl (C=O) groups excluding carboxylic acids is 1. The first-order valence-electron chi connectivity index (χ1n) is 8.52. The second-order valence-corrected chi connectivity index (χ2v) is 6.09. The number of aromatic nitrogens is 1. The third-order valence-corrected chi connectivity index (χ3v) is 4.40. The molecule has 1 aliphatic rings. The zero-order valence-electron chi connectivity index (χ0n) is 13.8. The fourth-order valence-electron chi connectivity index (χ4n) is 3.12. The summed E-state index contributed by atoms with van der Waals surface area (Å²) in [5.74, 6) is 0. The van der Waals surface area contributed by atoms with Gasteiger partial charge in [0.15, 0.2) is 0 Å². The molecule has 0 radical (unpaired) electrons. The summed E-state index contributed by atoms with van der Waals surface area (Å²) in [5.41, 5.74) is 2.25. The van der Waals surface area contributed by atoms with Gasteiger partial charge in [0.05, 0.1) is 6.04 Å². The van der Waals surface area contributed by atoms with E-state index in [0.717, 1.165) is 18.7 Å². The number of amides is 2. The van der Waals surface area contributed by atoms with Gasteiger partial charge in [-0.15, -0.1) is 0 Å². The highest BCUT2D eigenvalue weighted by Gasteiger charge is 2.23. The van der Waals surface area contributed by atoms with Crippen molar-refractivity contribution in [2.75, 3.05) is 19.6 Å². The van der Waals surface area contributed by atoms with Crippen molar-refractivity contribution in [3.05, 3.63) is 66.0 Å². The van der Waals surface area contributed by atoms with Crippen LogP contribution in [0.1, 0.15) is 30.0 Å². The van der Waals surface area contributed by atoms with Crippen LogP contribution in [0.25, 0.3) is 0 Å². The van der Waals surface area contributed by atoms with Crippen LogP contribution in [0.2, 0.25) is 0 Å². The molecule has 3 rings (SSSR count). The summed E-state index contributed by atoms with van der Waals surface area (Å²) in [6, 6.07) is 14.3. The van der Waals surface area contributed by atoms with Crippen molar-refractivity contribution in [3.8, 4) is 0 Å². The molecule has 0 bridgehead atoms. The molecular formula is C19H24N4O. The summed E-state index contributed by atoms with van der Waals surface area (Å²) in [6.45, 7) is 3.29. The van der Waals surface area contributed by atoms with Gasteiger partial charge < -0.3 is 10.6 Å². The van der Waals surface area contributed by atoms with E-state index in [4.69, 9.17) is 0 Å². The molecule has 24 heavy (non-hydrogen) atoms. The highest BCUT2D eigenvalue weighted by atomic mass is 16.2. The van der Waals surface area contributed by atoms with Gasteiger partial charge in [0.1, 0.15) is 0 Å². The first kappa shape index (κ1) is 16.5. The molecule has 2 heterocycles. The predicted octanol–water partition coefficient (Wildman–Crippen LogP) is 2.72. The van der Waals surface area contributed by atoms with Crippen LogP contribution < -0.4 is 10.6 Å². The van der Waals surface area contributed by atoms with E-state index in [1.165, 1.54) is 18.4 Å². The molecule has 0 spiro atoms. The maximum Gasteiger partial charge on any atom is 0.315 e. The van der Waals surface area contributed by atoms with Crippen molar-refractivity contribution < 1.29 is 4.79 Å². The largest absolute Gasteiger partial charge is 0.336 e. The zero-order chi connectivity index (χ0) is 16.6. The fourth-order valence-corrected chi connectivity index (χ4v) is 3.12. The number of carbonyl (C=O) groups is 1. The lowest BCUT2D eigenvalue weighted by Crippen LogP contribution is -2.41. The Bertz CT molecular complexity index is 626.